The van der Waals surface area contributed by atoms with Crippen LogP contribution >= 0.6 is 0 Å². The molecule has 23 heavy (non-hydrogen) atoms. The highest BCUT2D eigenvalue weighted by atomic mass is 16.5. The van der Waals surface area contributed by atoms with Crippen molar-refractivity contribution in [2.45, 2.75) is 64.4 Å². The average Bonchev–Trinajstić information content (AvgIpc) is 2.39. The molecule has 0 aromatic heterocycles. The number of likely N-dealkylation sites (N-methyl/N-ethyl adjacent to an activating group) is 1. The van der Waals surface area contributed by atoms with Gasteiger partial charge in [-0.05, 0) is 25.7 Å². The number of ether oxygens (including phenoxy) is 1. The predicted octanol–water partition coefficient (Wildman–Crippen LogP) is 2.05. The highest BCUT2D eigenvalue weighted by Crippen LogP contribution is 2.08. The molecule has 0 radical (unpaired) electrons. The number of unbranched alkanes of at least 4 members (excludes halogenated alkanes) is 4. The van der Waals surface area contributed by atoms with Gasteiger partial charge in [-0.15, -0.1) is 0 Å². The molecule has 0 heterocycles. The molecule has 5 nitrogen and oxygen atoms in total. The van der Waals surface area contributed by atoms with Crippen molar-refractivity contribution in [3.05, 3.63) is 12.2 Å². The smallest absolute Gasteiger partial charge is 0.306 e. The Morgan fingerprint density at radius 1 is 1.09 bits per heavy atom. The number of hydrogen-bond donors (Lipinski definition) is 0. The van der Waals surface area contributed by atoms with E-state index in [9.17, 15) is 14.7 Å². The van der Waals surface area contributed by atoms with E-state index in [-0.39, 0.29) is 12.4 Å². The maximum Gasteiger partial charge on any atom is 0.306 e. The summed E-state index contributed by atoms with van der Waals surface area (Å²) in [4.78, 5) is 22.6. The van der Waals surface area contributed by atoms with E-state index in [0.29, 0.717) is 17.4 Å². The highest BCUT2D eigenvalue weighted by Gasteiger charge is 2.22. The fraction of sp³-hybridized carbons (Fsp3) is 0.778. The molecular formula is C18H33NO4. The third-order valence-electron chi connectivity index (χ3n) is 3.34. The van der Waals surface area contributed by atoms with Crippen LogP contribution in [0.5, 0.6) is 0 Å². The first kappa shape index (κ1) is 21.6. The molecule has 0 bridgehead atoms. The SMILES string of the molecule is CCCCC/C=C/CCCC(=O)OC(CC(=O)[O-])C[N+](C)(C)C. The largest absolute Gasteiger partial charge is 0.550 e. The summed E-state index contributed by atoms with van der Waals surface area (Å²) in [5.41, 5.74) is 0. The van der Waals surface area contributed by atoms with E-state index in [2.05, 4.69) is 19.1 Å². The standard InChI is InChI=1S/C18H33NO4/c1-5-6-7-8-9-10-11-12-13-18(22)23-16(14-17(20)21)15-19(2,3)4/h9-10,16H,5-8,11-15H2,1-4H3/b10-9+. The van der Waals surface area contributed by atoms with Gasteiger partial charge in [0.1, 0.15) is 6.54 Å². The molecule has 0 aromatic carbocycles. The number of carbonyl (C=O) groups excluding carboxylic acids is 2. The second-order valence-corrected chi connectivity index (χ2v) is 7.02. The lowest BCUT2D eigenvalue weighted by Crippen LogP contribution is -2.45. The maximum absolute atomic E-state index is 11.8. The zero-order valence-corrected chi connectivity index (χ0v) is 15.2. The summed E-state index contributed by atoms with van der Waals surface area (Å²) in [6, 6.07) is 0. The number of allylic oxidation sites excluding steroid dienone is 2. The number of quaternary nitrogens is 1. The van der Waals surface area contributed by atoms with Gasteiger partial charge in [-0.25, -0.2) is 0 Å². The highest BCUT2D eigenvalue weighted by molar-refractivity contribution is 5.70. The number of hydrogen-bond acceptors (Lipinski definition) is 4. The second kappa shape index (κ2) is 12.1. The van der Waals surface area contributed by atoms with Crippen molar-refractivity contribution in [2.75, 3.05) is 27.7 Å². The Morgan fingerprint density at radius 2 is 1.70 bits per heavy atom. The lowest BCUT2D eigenvalue weighted by Gasteiger charge is -2.29. The summed E-state index contributed by atoms with van der Waals surface area (Å²) in [6.45, 7) is 2.64. The summed E-state index contributed by atoms with van der Waals surface area (Å²) in [5.74, 6) is -1.52. The van der Waals surface area contributed by atoms with E-state index in [1.807, 2.05) is 21.1 Å². The van der Waals surface area contributed by atoms with Gasteiger partial charge in [0.25, 0.3) is 0 Å². The van der Waals surface area contributed by atoms with E-state index < -0.39 is 12.1 Å². The number of carboxylic acid groups (broad SMARTS) is 1. The van der Waals surface area contributed by atoms with Gasteiger partial charge in [-0.2, -0.15) is 0 Å². The molecule has 0 saturated heterocycles. The number of aliphatic carboxylic acids is 1. The van der Waals surface area contributed by atoms with Gasteiger partial charge in [0.05, 0.1) is 21.1 Å². The Morgan fingerprint density at radius 3 is 2.22 bits per heavy atom. The van der Waals surface area contributed by atoms with E-state index in [1.165, 1.54) is 19.3 Å². The molecule has 0 aromatic rings. The van der Waals surface area contributed by atoms with Crippen LogP contribution in [0.15, 0.2) is 12.2 Å². The van der Waals surface area contributed by atoms with Crippen LogP contribution in [0.2, 0.25) is 0 Å². The fourth-order valence-corrected chi connectivity index (χ4v) is 2.30. The molecular weight excluding hydrogens is 294 g/mol. The van der Waals surface area contributed by atoms with Crippen molar-refractivity contribution in [1.29, 1.82) is 0 Å². The molecule has 0 N–H and O–H groups in total. The number of nitrogens with zero attached hydrogens (tertiary/aromatic N) is 1. The first-order chi connectivity index (χ1) is 10.7. The van der Waals surface area contributed by atoms with Crippen molar-refractivity contribution >= 4 is 11.9 Å². The van der Waals surface area contributed by atoms with Gasteiger partial charge in [0.15, 0.2) is 6.10 Å². The van der Waals surface area contributed by atoms with Crippen molar-refractivity contribution in [3.63, 3.8) is 0 Å². The normalized spacial score (nSPS) is 13.2. The van der Waals surface area contributed by atoms with E-state index in [4.69, 9.17) is 4.74 Å². The summed E-state index contributed by atoms with van der Waals surface area (Å²) in [5, 5.41) is 10.8. The molecule has 5 heteroatoms. The summed E-state index contributed by atoms with van der Waals surface area (Å²) < 4.78 is 5.83. The van der Waals surface area contributed by atoms with Crippen molar-refractivity contribution in [1.82, 2.24) is 0 Å². The van der Waals surface area contributed by atoms with Gasteiger partial charge in [0, 0.05) is 18.8 Å². The Labute approximate surface area is 140 Å². The molecule has 0 aliphatic heterocycles. The van der Waals surface area contributed by atoms with Gasteiger partial charge >= 0.3 is 5.97 Å². The summed E-state index contributed by atoms with van der Waals surface area (Å²) >= 11 is 0. The van der Waals surface area contributed by atoms with Crippen LogP contribution in [0.1, 0.15) is 58.3 Å². The Kier molecular flexibility index (Phi) is 11.4. The second-order valence-electron chi connectivity index (χ2n) is 7.02. The number of esters is 1. The zero-order chi connectivity index (χ0) is 17.7. The van der Waals surface area contributed by atoms with Crippen molar-refractivity contribution < 1.29 is 23.9 Å². The van der Waals surface area contributed by atoms with Crippen LogP contribution < -0.4 is 5.11 Å². The molecule has 1 atom stereocenters. The first-order valence-electron chi connectivity index (χ1n) is 8.59. The summed E-state index contributed by atoms with van der Waals surface area (Å²) in [6.07, 6.45) is 10.1. The quantitative estimate of drug-likeness (QED) is 0.225. The molecule has 1 unspecified atom stereocenters. The third-order valence-corrected chi connectivity index (χ3v) is 3.34. The third kappa shape index (κ3) is 15.3. The molecule has 0 aliphatic rings. The number of carbonyl (C=O) groups is 2. The van der Waals surface area contributed by atoms with Gasteiger partial charge in [-0.3, -0.25) is 4.79 Å². The average molecular weight is 327 g/mol. The molecule has 0 rings (SSSR count). The van der Waals surface area contributed by atoms with Gasteiger partial charge in [-0.1, -0.05) is 31.9 Å². The predicted molar refractivity (Wildman–Crippen MR) is 89.5 cm³/mol. The molecule has 134 valence electrons. The van der Waals surface area contributed by atoms with E-state index in [1.54, 1.807) is 0 Å². The lowest BCUT2D eigenvalue weighted by atomic mass is 10.1. The summed E-state index contributed by atoms with van der Waals surface area (Å²) in [7, 11) is 5.79. The molecule has 0 aliphatic carbocycles. The topological polar surface area (TPSA) is 66.4 Å². The molecule has 0 saturated carbocycles. The van der Waals surface area contributed by atoms with Crippen LogP contribution in [-0.2, 0) is 14.3 Å². The number of carboxylic acids is 1. The minimum Gasteiger partial charge on any atom is -0.550 e. The van der Waals surface area contributed by atoms with Crippen LogP contribution in [0, 0.1) is 0 Å². The minimum atomic E-state index is -1.19. The van der Waals surface area contributed by atoms with Crippen LogP contribution in [0.3, 0.4) is 0 Å². The lowest BCUT2D eigenvalue weighted by molar-refractivity contribution is -0.873. The molecule has 0 fully saturated rings. The monoisotopic (exact) mass is 327 g/mol. The molecule has 0 amide bonds. The van der Waals surface area contributed by atoms with Gasteiger partial charge < -0.3 is 19.1 Å². The maximum atomic E-state index is 11.8. The van der Waals surface area contributed by atoms with Crippen molar-refractivity contribution in [3.8, 4) is 0 Å². The number of rotatable bonds is 13. The zero-order valence-electron chi connectivity index (χ0n) is 15.2. The minimum absolute atomic E-state index is 0.251. The van der Waals surface area contributed by atoms with E-state index >= 15 is 0 Å². The van der Waals surface area contributed by atoms with Crippen LogP contribution in [-0.4, -0.2) is 50.2 Å². The van der Waals surface area contributed by atoms with Gasteiger partial charge in [0.2, 0.25) is 0 Å². The Bertz CT molecular complexity index is 372. The molecule has 0 spiro atoms. The Balaban J connectivity index is 4.01. The first-order valence-corrected chi connectivity index (χ1v) is 8.59. The Hall–Kier alpha value is -1.36. The van der Waals surface area contributed by atoms with Crippen LogP contribution in [0.25, 0.3) is 0 Å². The van der Waals surface area contributed by atoms with Crippen LogP contribution in [0.4, 0.5) is 0 Å². The fourth-order valence-electron chi connectivity index (χ4n) is 2.30. The van der Waals surface area contributed by atoms with Crippen molar-refractivity contribution in [2.24, 2.45) is 0 Å². The van der Waals surface area contributed by atoms with E-state index in [0.717, 1.165) is 19.3 Å².